The van der Waals surface area contributed by atoms with Gasteiger partial charge in [-0.1, -0.05) is 19.1 Å². The Hall–Kier alpha value is -2.43. The summed E-state index contributed by atoms with van der Waals surface area (Å²) < 4.78 is 1.18. The molecule has 0 fully saturated rings. The summed E-state index contributed by atoms with van der Waals surface area (Å²) in [6, 6.07) is 9.14. The molecule has 1 amide bonds. The molecule has 0 radical (unpaired) electrons. The smallest absolute Gasteiger partial charge is 0.267 e. The van der Waals surface area contributed by atoms with Gasteiger partial charge in [0.05, 0.1) is 5.69 Å². The van der Waals surface area contributed by atoms with Crippen LogP contribution < -0.4 is 10.9 Å². The summed E-state index contributed by atoms with van der Waals surface area (Å²) in [6.45, 7) is 5.62. The molecule has 2 aromatic rings. The number of carbonyl (C=O) groups is 1. The zero-order valence-electron chi connectivity index (χ0n) is 12.5. The average Bonchev–Trinajstić information content (AvgIpc) is 2.45. The van der Waals surface area contributed by atoms with E-state index in [-0.39, 0.29) is 18.0 Å². The highest BCUT2D eigenvalue weighted by Crippen LogP contribution is 2.09. The van der Waals surface area contributed by atoms with Crippen molar-refractivity contribution in [1.29, 1.82) is 0 Å². The van der Waals surface area contributed by atoms with Gasteiger partial charge in [-0.05, 0) is 43.5 Å². The molecule has 1 aromatic carbocycles. The van der Waals surface area contributed by atoms with E-state index in [1.54, 1.807) is 0 Å². The molecule has 1 heterocycles. The van der Waals surface area contributed by atoms with Crippen LogP contribution in [0.2, 0.25) is 0 Å². The highest BCUT2D eigenvalue weighted by molar-refractivity contribution is 5.90. The molecular weight excluding hydrogens is 266 g/mol. The average molecular weight is 285 g/mol. The van der Waals surface area contributed by atoms with Gasteiger partial charge < -0.3 is 5.32 Å². The van der Waals surface area contributed by atoms with Crippen LogP contribution in [0.25, 0.3) is 0 Å². The van der Waals surface area contributed by atoms with Gasteiger partial charge in [-0.15, -0.1) is 0 Å². The molecule has 5 nitrogen and oxygen atoms in total. The van der Waals surface area contributed by atoms with Crippen molar-refractivity contribution in [3.8, 4) is 0 Å². The number of aromatic nitrogens is 2. The molecule has 110 valence electrons. The van der Waals surface area contributed by atoms with Crippen LogP contribution in [0.4, 0.5) is 5.69 Å². The fourth-order valence-corrected chi connectivity index (χ4v) is 1.95. The summed E-state index contributed by atoms with van der Waals surface area (Å²) in [5.41, 5.74) is 3.23. The van der Waals surface area contributed by atoms with Crippen LogP contribution in [-0.4, -0.2) is 15.7 Å². The van der Waals surface area contributed by atoms with Gasteiger partial charge >= 0.3 is 0 Å². The summed E-state index contributed by atoms with van der Waals surface area (Å²) in [4.78, 5) is 23.8. The summed E-state index contributed by atoms with van der Waals surface area (Å²) in [5, 5.41) is 6.89. The van der Waals surface area contributed by atoms with Gasteiger partial charge in [-0.2, -0.15) is 5.10 Å². The van der Waals surface area contributed by atoms with E-state index in [2.05, 4.69) is 17.3 Å². The summed E-state index contributed by atoms with van der Waals surface area (Å²) in [5.74, 6) is -0.267. The molecular formula is C16H19N3O2. The Bertz CT molecular complexity index is 702. The third-order valence-corrected chi connectivity index (χ3v) is 3.38. The molecule has 0 spiro atoms. The van der Waals surface area contributed by atoms with E-state index in [4.69, 9.17) is 0 Å². The summed E-state index contributed by atoms with van der Waals surface area (Å²) >= 11 is 0. The van der Waals surface area contributed by atoms with Crippen LogP contribution >= 0.6 is 0 Å². The molecule has 0 aliphatic heterocycles. The molecule has 0 aliphatic rings. The number of benzene rings is 1. The van der Waals surface area contributed by atoms with Crippen LogP contribution in [0.15, 0.2) is 35.1 Å². The highest BCUT2D eigenvalue weighted by Gasteiger charge is 2.08. The number of carbonyl (C=O) groups excluding carboxylic acids is 1. The Morgan fingerprint density at radius 1 is 1.24 bits per heavy atom. The molecule has 1 aromatic heterocycles. The van der Waals surface area contributed by atoms with Gasteiger partial charge in [-0.25, -0.2) is 4.68 Å². The van der Waals surface area contributed by atoms with Crippen LogP contribution in [0.5, 0.6) is 0 Å². The van der Waals surface area contributed by atoms with Gasteiger partial charge in [0.25, 0.3) is 5.56 Å². The highest BCUT2D eigenvalue weighted by atomic mass is 16.2. The molecule has 0 bridgehead atoms. The second-order valence-electron chi connectivity index (χ2n) is 5.01. The van der Waals surface area contributed by atoms with Crippen LogP contribution in [0, 0.1) is 13.8 Å². The lowest BCUT2D eigenvalue weighted by molar-refractivity contribution is -0.117. The normalized spacial score (nSPS) is 10.4. The van der Waals surface area contributed by atoms with Gasteiger partial charge in [0, 0.05) is 11.8 Å². The maximum absolute atomic E-state index is 12.0. The second-order valence-corrected chi connectivity index (χ2v) is 5.01. The molecule has 2 rings (SSSR count). The minimum absolute atomic E-state index is 0.0878. The first kappa shape index (κ1) is 15.0. The molecule has 1 N–H and O–H groups in total. The van der Waals surface area contributed by atoms with Crippen molar-refractivity contribution in [2.45, 2.75) is 33.7 Å². The topological polar surface area (TPSA) is 64.0 Å². The van der Waals surface area contributed by atoms with Crippen molar-refractivity contribution in [2.75, 3.05) is 5.32 Å². The van der Waals surface area contributed by atoms with Crippen molar-refractivity contribution in [3.05, 3.63) is 57.5 Å². The van der Waals surface area contributed by atoms with Crippen LogP contribution in [-0.2, 0) is 17.8 Å². The minimum atomic E-state index is -0.269. The summed E-state index contributed by atoms with van der Waals surface area (Å²) in [6.07, 6.45) is 0.955. The number of amides is 1. The first-order valence-corrected chi connectivity index (χ1v) is 6.93. The largest absolute Gasteiger partial charge is 0.324 e. The van der Waals surface area contributed by atoms with E-state index < -0.39 is 0 Å². The lowest BCUT2D eigenvalue weighted by atomic mass is 10.1. The van der Waals surface area contributed by atoms with E-state index in [1.807, 2.05) is 38.1 Å². The number of aryl methyl sites for hydroxylation is 3. The van der Waals surface area contributed by atoms with E-state index >= 15 is 0 Å². The third-order valence-electron chi connectivity index (χ3n) is 3.38. The Morgan fingerprint density at radius 2 is 1.90 bits per heavy atom. The van der Waals surface area contributed by atoms with Crippen molar-refractivity contribution < 1.29 is 4.79 Å². The summed E-state index contributed by atoms with van der Waals surface area (Å²) in [7, 11) is 0. The number of anilines is 1. The molecule has 0 unspecified atom stereocenters. The monoisotopic (exact) mass is 285 g/mol. The fraction of sp³-hybridized carbons (Fsp3) is 0.312. The molecule has 21 heavy (non-hydrogen) atoms. The van der Waals surface area contributed by atoms with Crippen LogP contribution in [0.3, 0.4) is 0 Å². The van der Waals surface area contributed by atoms with Gasteiger partial charge in [-0.3, -0.25) is 9.59 Å². The van der Waals surface area contributed by atoms with Gasteiger partial charge in [0.2, 0.25) is 5.91 Å². The number of hydrogen-bond acceptors (Lipinski definition) is 3. The minimum Gasteiger partial charge on any atom is -0.324 e. The van der Waals surface area contributed by atoms with Gasteiger partial charge in [0.1, 0.15) is 6.54 Å². The molecule has 0 saturated heterocycles. The van der Waals surface area contributed by atoms with E-state index in [0.717, 1.165) is 17.7 Å². The molecule has 0 saturated carbocycles. The maximum Gasteiger partial charge on any atom is 0.267 e. The predicted molar refractivity (Wildman–Crippen MR) is 82.4 cm³/mol. The van der Waals surface area contributed by atoms with E-state index in [9.17, 15) is 9.59 Å². The Labute approximate surface area is 123 Å². The quantitative estimate of drug-likeness (QED) is 0.935. The molecule has 0 aliphatic carbocycles. The Balaban J connectivity index is 2.07. The fourth-order valence-electron chi connectivity index (χ4n) is 1.95. The first-order chi connectivity index (χ1) is 9.99. The van der Waals surface area contributed by atoms with E-state index in [0.29, 0.717) is 5.69 Å². The zero-order valence-corrected chi connectivity index (χ0v) is 12.5. The van der Waals surface area contributed by atoms with Crippen molar-refractivity contribution in [1.82, 2.24) is 9.78 Å². The van der Waals surface area contributed by atoms with Crippen molar-refractivity contribution in [2.24, 2.45) is 0 Å². The number of hydrogen-bond donors (Lipinski definition) is 1. The Kier molecular flexibility index (Phi) is 4.52. The lowest BCUT2D eigenvalue weighted by Gasteiger charge is -2.08. The molecule has 5 heteroatoms. The van der Waals surface area contributed by atoms with Gasteiger partial charge in [0.15, 0.2) is 0 Å². The molecule has 0 atom stereocenters. The predicted octanol–water partition coefficient (Wildman–Crippen LogP) is 2.06. The lowest BCUT2D eigenvalue weighted by Crippen LogP contribution is -2.30. The number of nitrogens with zero attached hydrogens (tertiary/aromatic N) is 2. The SMILES string of the molecule is CCc1ccc(NC(=O)Cn2nc(C)c(C)cc2=O)cc1. The first-order valence-electron chi connectivity index (χ1n) is 6.93. The third kappa shape index (κ3) is 3.78. The Morgan fingerprint density at radius 3 is 2.52 bits per heavy atom. The second kappa shape index (κ2) is 6.35. The van der Waals surface area contributed by atoms with E-state index in [1.165, 1.54) is 16.3 Å². The van der Waals surface area contributed by atoms with Crippen molar-refractivity contribution >= 4 is 11.6 Å². The number of rotatable bonds is 4. The van der Waals surface area contributed by atoms with Crippen LogP contribution in [0.1, 0.15) is 23.7 Å². The number of nitrogens with one attached hydrogen (secondary N) is 1. The zero-order chi connectivity index (χ0) is 15.4. The van der Waals surface area contributed by atoms with Crippen molar-refractivity contribution in [3.63, 3.8) is 0 Å². The standard InChI is InChI=1S/C16H19N3O2/c1-4-13-5-7-14(8-6-13)17-15(20)10-19-16(21)9-11(2)12(3)18-19/h5-9H,4,10H2,1-3H3,(H,17,20). The maximum atomic E-state index is 12.0.